The van der Waals surface area contributed by atoms with Gasteiger partial charge < -0.3 is 16.0 Å². The normalized spacial score (nSPS) is 20.5. The molecule has 6 heteroatoms. The summed E-state index contributed by atoms with van der Waals surface area (Å²) in [5.74, 6) is 0.417. The molecule has 3 rings (SSSR count). The summed E-state index contributed by atoms with van der Waals surface area (Å²) in [6, 6.07) is 9.31. The van der Waals surface area contributed by atoms with Crippen molar-refractivity contribution in [3.05, 3.63) is 40.7 Å². The first-order chi connectivity index (χ1) is 11.7. The molecule has 2 aromatic rings. The number of hydrogen-bond donors (Lipinski definition) is 4. The molecule has 0 spiro atoms. The number of nitrogens with one attached hydrogen (secondary N) is 4. The van der Waals surface area contributed by atoms with E-state index < -0.39 is 0 Å². The van der Waals surface area contributed by atoms with Gasteiger partial charge in [0.25, 0.3) is 0 Å². The van der Waals surface area contributed by atoms with Gasteiger partial charge in [-0.25, -0.2) is 0 Å². The predicted octanol–water partition coefficient (Wildman–Crippen LogP) is 2.95. The van der Waals surface area contributed by atoms with Crippen molar-refractivity contribution >= 4 is 17.3 Å². The van der Waals surface area contributed by atoms with E-state index in [2.05, 4.69) is 51.0 Å². The lowest BCUT2D eigenvalue weighted by atomic mass is 9.91. The molecular formula is C18H25N5S. The van der Waals surface area contributed by atoms with Crippen LogP contribution in [0.15, 0.2) is 35.0 Å². The SMILES string of the molecule is CNC(=N)N[C@H]1CC[C@H](NCc2cccc(-c3ccsc3)n2)CC1. The summed E-state index contributed by atoms with van der Waals surface area (Å²) in [7, 11) is 1.78. The molecule has 1 saturated carbocycles. The molecule has 128 valence electrons. The number of guanidine groups is 1. The zero-order valence-corrected chi connectivity index (χ0v) is 14.8. The molecule has 1 aliphatic carbocycles. The van der Waals surface area contributed by atoms with Crippen LogP contribution in [0, 0.1) is 5.41 Å². The van der Waals surface area contributed by atoms with Crippen LogP contribution in [0.1, 0.15) is 31.4 Å². The zero-order valence-electron chi connectivity index (χ0n) is 14.0. The highest BCUT2D eigenvalue weighted by atomic mass is 32.1. The second-order valence-electron chi connectivity index (χ2n) is 6.22. The summed E-state index contributed by atoms with van der Waals surface area (Å²) in [6.07, 6.45) is 4.48. The zero-order chi connectivity index (χ0) is 16.8. The Labute approximate surface area is 147 Å². The molecule has 1 aliphatic rings. The summed E-state index contributed by atoms with van der Waals surface area (Å²) in [5.41, 5.74) is 3.34. The van der Waals surface area contributed by atoms with Crippen LogP contribution in [-0.2, 0) is 6.54 Å². The van der Waals surface area contributed by atoms with Crippen molar-refractivity contribution in [3.63, 3.8) is 0 Å². The van der Waals surface area contributed by atoms with Gasteiger partial charge in [-0.05, 0) is 49.3 Å². The lowest BCUT2D eigenvalue weighted by molar-refractivity contribution is 0.325. The quantitative estimate of drug-likeness (QED) is 0.497. The maximum atomic E-state index is 7.65. The summed E-state index contributed by atoms with van der Waals surface area (Å²) in [6.45, 7) is 0.813. The molecule has 0 atom stereocenters. The average molecular weight is 344 g/mol. The third-order valence-corrected chi connectivity index (χ3v) is 5.20. The Balaban J connectivity index is 1.47. The molecule has 1 fully saturated rings. The summed E-state index contributed by atoms with van der Waals surface area (Å²) in [5, 5.41) is 21.6. The van der Waals surface area contributed by atoms with E-state index in [9.17, 15) is 0 Å². The molecule has 4 N–H and O–H groups in total. The second kappa shape index (κ2) is 8.26. The van der Waals surface area contributed by atoms with E-state index in [0.717, 1.165) is 43.6 Å². The minimum atomic E-state index is 0.417. The smallest absolute Gasteiger partial charge is 0.188 e. The topological polar surface area (TPSA) is 72.8 Å². The van der Waals surface area contributed by atoms with Gasteiger partial charge in [0.05, 0.1) is 11.4 Å². The Kier molecular flexibility index (Phi) is 5.82. The Bertz CT molecular complexity index is 647. The van der Waals surface area contributed by atoms with Crippen LogP contribution in [0.25, 0.3) is 11.3 Å². The van der Waals surface area contributed by atoms with Crippen molar-refractivity contribution in [3.8, 4) is 11.3 Å². The number of nitrogens with zero attached hydrogens (tertiary/aromatic N) is 1. The van der Waals surface area contributed by atoms with Gasteiger partial charge in [-0.2, -0.15) is 11.3 Å². The molecular weight excluding hydrogens is 318 g/mol. The van der Waals surface area contributed by atoms with Crippen LogP contribution < -0.4 is 16.0 Å². The predicted molar refractivity (Wildman–Crippen MR) is 100 cm³/mol. The average Bonchev–Trinajstić information content (AvgIpc) is 3.16. The highest BCUT2D eigenvalue weighted by Gasteiger charge is 2.21. The third kappa shape index (κ3) is 4.55. The molecule has 0 aromatic carbocycles. The molecule has 0 unspecified atom stereocenters. The number of pyridine rings is 1. The van der Waals surface area contributed by atoms with Crippen LogP contribution in [0.4, 0.5) is 0 Å². The molecule has 0 saturated heterocycles. The lowest BCUT2D eigenvalue weighted by Gasteiger charge is -2.30. The first-order valence-electron chi connectivity index (χ1n) is 8.49. The fourth-order valence-corrected chi connectivity index (χ4v) is 3.77. The Morgan fingerprint density at radius 1 is 1.21 bits per heavy atom. The van der Waals surface area contributed by atoms with Crippen molar-refractivity contribution < 1.29 is 0 Å². The summed E-state index contributed by atoms with van der Waals surface area (Å²) in [4.78, 5) is 4.76. The minimum Gasteiger partial charge on any atom is -0.360 e. The lowest BCUT2D eigenvalue weighted by Crippen LogP contribution is -2.45. The second-order valence-corrected chi connectivity index (χ2v) is 7.01. The van der Waals surface area contributed by atoms with Gasteiger partial charge in [0.15, 0.2) is 5.96 Å². The van der Waals surface area contributed by atoms with Crippen molar-refractivity contribution in [1.82, 2.24) is 20.9 Å². The maximum Gasteiger partial charge on any atom is 0.188 e. The first-order valence-corrected chi connectivity index (χ1v) is 9.43. The van der Waals surface area contributed by atoms with Gasteiger partial charge >= 0.3 is 0 Å². The molecule has 0 aliphatic heterocycles. The van der Waals surface area contributed by atoms with Crippen LogP contribution >= 0.6 is 11.3 Å². The van der Waals surface area contributed by atoms with Crippen LogP contribution in [0.3, 0.4) is 0 Å². The van der Waals surface area contributed by atoms with E-state index >= 15 is 0 Å². The van der Waals surface area contributed by atoms with Crippen LogP contribution in [0.5, 0.6) is 0 Å². The van der Waals surface area contributed by atoms with Crippen molar-refractivity contribution in [1.29, 1.82) is 5.41 Å². The molecule has 2 aromatic heterocycles. The highest BCUT2D eigenvalue weighted by Crippen LogP contribution is 2.21. The largest absolute Gasteiger partial charge is 0.360 e. The first kappa shape index (κ1) is 16.9. The number of rotatable bonds is 5. The molecule has 5 nitrogen and oxygen atoms in total. The highest BCUT2D eigenvalue weighted by molar-refractivity contribution is 7.08. The van der Waals surface area contributed by atoms with Crippen molar-refractivity contribution in [2.24, 2.45) is 0 Å². The van der Waals surface area contributed by atoms with E-state index in [4.69, 9.17) is 10.4 Å². The number of hydrogen-bond acceptors (Lipinski definition) is 4. The molecule has 24 heavy (non-hydrogen) atoms. The van der Waals surface area contributed by atoms with Gasteiger partial charge in [0.2, 0.25) is 0 Å². The van der Waals surface area contributed by atoms with E-state index in [1.165, 1.54) is 5.56 Å². The number of thiophene rings is 1. The van der Waals surface area contributed by atoms with E-state index in [-0.39, 0.29) is 0 Å². The number of aromatic nitrogens is 1. The van der Waals surface area contributed by atoms with E-state index in [1.807, 2.05) is 0 Å². The molecule has 0 bridgehead atoms. The van der Waals surface area contributed by atoms with Crippen molar-refractivity contribution in [2.45, 2.75) is 44.3 Å². The van der Waals surface area contributed by atoms with Crippen molar-refractivity contribution in [2.75, 3.05) is 7.05 Å². The summed E-state index contributed by atoms with van der Waals surface area (Å²) < 4.78 is 0. The van der Waals surface area contributed by atoms with Crippen LogP contribution in [-0.4, -0.2) is 30.1 Å². The van der Waals surface area contributed by atoms with Gasteiger partial charge in [-0.3, -0.25) is 10.4 Å². The monoisotopic (exact) mass is 343 g/mol. The van der Waals surface area contributed by atoms with E-state index in [1.54, 1.807) is 18.4 Å². The minimum absolute atomic E-state index is 0.417. The van der Waals surface area contributed by atoms with Gasteiger partial charge in [0, 0.05) is 36.6 Å². The van der Waals surface area contributed by atoms with E-state index in [0.29, 0.717) is 18.0 Å². The van der Waals surface area contributed by atoms with Crippen LogP contribution in [0.2, 0.25) is 0 Å². The van der Waals surface area contributed by atoms with Gasteiger partial charge in [-0.1, -0.05) is 6.07 Å². The Morgan fingerprint density at radius 3 is 2.71 bits per heavy atom. The molecule has 0 amide bonds. The standard InChI is InChI=1S/C18H25N5S/c1-20-18(19)23-15-7-5-14(6-8-15)21-11-16-3-2-4-17(22-16)13-9-10-24-12-13/h2-4,9-10,12,14-15,21H,5-8,11H2,1H3,(H3,19,20,23)/t14-,15-. The fourth-order valence-electron chi connectivity index (χ4n) is 3.12. The summed E-state index contributed by atoms with van der Waals surface area (Å²) >= 11 is 1.70. The molecule has 0 radical (unpaired) electrons. The van der Waals surface area contributed by atoms with Gasteiger partial charge in [0.1, 0.15) is 0 Å². The van der Waals surface area contributed by atoms with Gasteiger partial charge in [-0.15, -0.1) is 0 Å². The third-order valence-electron chi connectivity index (χ3n) is 4.52. The molecule has 2 heterocycles. The fraction of sp³-hybridized carbons (Fsp3) is 0.444. The maximum absolute atomic E-state index is 7.65. The Hall–Kier alpha value is -1.92. The Morgan fingerprint density at radius 2 is 2.00 bits per heavy atom.